The second-order valence-electron chi connectivity index (χ2n) is 15.6. The summed E-state index contributed by atoms with van der Waals surface area (Å²) < 4.78 is 8.87. The molecule has 0 spiro atoms. The number of benzene rings is 9. The van der Waals surface area contributed by atoms with Gasteiger partial charge in [0.05, 0.1) is 11.0 Å². The van der Waals surface area contributed by atoms with E-state index in [1.165, 1.54) is 16.3 Å². The van der Waals surface area contributed by atoms with E-state index in [9.17, 15) is 0 Å². The molecule has 62 heavy (non-hydrogen) atoms. The quantitative estimate of drug-likeness (QED) is 0.161. The molecule has 0 N–H and O–H groups in total. The van der Waals surface area contributed by atoms with Crippen molar-refractivity contribution in [3.8, 4) is 73.2 Å². The maximum absolute atomic E-state index is 6.52. The standard InChI is InChI=1S/C57H36N4O/c1-4-14-37(15-5-1)41-18-12-20-44(32-41)56-58-55(59-57(60-56)45-21-13-19-42(33-45)38-16-6-2-7-17-38)40-28-26-39(27-29-40)43-30-31-53-49(34-43)50-35-52-48(36-54(50)62-53)47-24-10-11-25-51(47)61(52)46-22-8-3-9-23-46/h1-36H. The minimum absolute atomic E-state index is 0.612. The molecule has 0 bridgehead atoms. The average molecular weight is 793 g/mol. The van der Waals surface area contributed by atoms with Crippen LogP contribution in [0.4, 0.5) is 0 Å². The van der Waals surface area contributed by atoms with Crippen LogP contribution in [0.25, 0.3) is 117 Å². The summed E-state index contributed by atoms with van der Waals surface area (Å²) in [5.41, 5.74) is 14.6. The van der Waals surface area contributed by atoms with E-state index < -0.39 is 0 Å². The molecule has 3 heterocycles. The zero-order chi connectivity index (χ0) is 41.0. The fraction of sp³-hybridized carbons (Fsp3) is 0. The predicted molar refractivity (Wildman–Crippen MR) is 254 cm³/mol. The first-order chi connectivity index (χ1) is 30.7. The van der Waals surface area contributed by atoms with Crippen LogP contribution in [0.3, 0.4) is 0 Å². The number of hydrogen-bond acceptors (Lipinski definition) is 4. The van der Waals surface area contributed by atoms with Crippen LogP contribution >= 0.6 is 0 Å². The SMILES string of the molecule is c1ccc(-c2cccc(-c3nc(-c4ccc(-c5ccc6oc7cc8c9ccccc9n(-c9ccccc9)c8cc7c6c5)cc4)nc(-c4cccc(-c5ccccc5)c4)n3)c2)cc1. The van der Waals surface area contributed by atoms with Crippen molar-refractivity contribution in [3.63, 3.8) is 0 Å². The highest BCUT2D eigenvalue weighted by Crippen LogP contribution is 2.40. The van der Waals surface area contributed by atoms with E-state index in [-0.39, 0.29) is 0 Å². The molecule has 0 aliphatic carbocycles. The van der Waals surface area contributed by atoms with Crippen molar-refractivity contribution >= 4 is 43.7 Å². The topological polar surface area (TPSA) is 56.7 Å². The minimum Gasteiger partial charge on any atom is -0.456 e. The summed E-state index contributed by atoms with van der Waals surface area (Å²) in [7, 11) is 0. The van der Waals surface area contributed by atoms with Crippen molar-refractivity contribution < 1.29 is 4.42 Å². The average Bonchev–Trinajstić information content (AvgIpc) is 3.88. The Morgan fingerprint density at radius 3 is 1.39 bits per heavy atom. The molecule has 3 aromatic heterocycles. The van der Waals surface area contributed by atoms with Gasteiger partial charge in [0.1, 0.15) is 11.2 Å². The third kappa shape index (κ3) is 6.23. The van der Waals surface area contributed by atoms with Gasteiger partial charge in [-0.05, 0) is 88.0 Å². The molecular formula is C57H36N4O. The molecule has 12 aromatic rings. The number of para-hydroxylation sites is 2. The lowest BCUT2D eigenvalue weighted by Crippen LogP contribution is -2.00. The lowest BCUT2D eigenvalue weighted by molar-refractivity contribution is 0.669. The number of furan rings is 1. The molecule has 12 rings (SSSR count). The van der Waals surface area contributed by atoms with Gasteiger partial charge in [0, 0.05) is 43.9 Å². The van der Waals surface area contributed by atoms with Crippen molar-refractivity contribution in [2.45, 2.75) is 0 Å². The lowest BCUT2D eigenvalue weighted by Gasteiger charge is -2.11. The molecule has 5 heteroatoms. The zero-order valence-corrected chi connectivity index (χ0v) is 33.5. The summed E-state index contributed by atoms with van der Waals surface area (Å²) >= 11 is 0. The van der Waals surface area contributed by atoms with Gasteiger partial charge in [-0.25, -0.2) is 15.0 Å². The molecule has 0 fully saturated rings. The normalized spacial score (nSPS) is 11.5. The molecule has 0 atom stereocenters. The Hall–Kier alpha value is -8.41. The van der Waals surface area contributed by atoms with E-state index in [1.807, 2.05) is 12.1 Å². The highest BCUT2D eigenvalue weighted by atomic mass is 16.3. The van der Waals surface area contributed by atoms with Crippen LogP contribution in [0, 0.1) is 0 Å². The molecule has 0 amide bonds. The van der Waals surface area contributed by atoms with Crippen molar-refractivity contribution in [1.82, 2.24) is 19.5 Å². The van der Waals surface area contributed by atoms with E-state index in [4.69, 9.17) is 19.4 Å². The number of nitrogens with zero attached hydrogens (tertiary/aromatic N) is 4. The van der Waals surface area contributed by atoms with E-state index in [1.54, 1.807) is 0 Å². The Morgan fingerprint density at radius 2 is 0.742 bits per heavy atom. The van der Waals surface area contributed by atoms with Crippen molar-refractivity contribution in [2.24, 2.45) is 0 Å². The molecule has 0 unspecified atom stereocenters. The second-order valence-corrected chi connectivity index (χ2v) is 15.6. The first-order valence-corrected chi connectivity index (χ1v) is 20.8. The minimum atomic E-state index is 0.612. The van der Waals surface area contributed by atoms with Crippen LogP contribution in [0.2, 0.25) is 0 Å². The molecular weight excluding hydrogens is 757 g/mol. The van der Waals surface area contributed by atoms with E-state index in [2.05, 4.69) is 211 Å². The van der Waals surface area contributed by atoms with Gasteiger partial charge >= 0.3 is 0 Å². The molecule has 290 valence electrons. The first kappa shape index (κ1) is 35.5. The number of fused-ring (bicyclic) bond motifs is 6. The maximum Gasteiger partial charge on any atom is 0.164 e. The van der Waals surface area contributed by atoms with Crippen LogP contribution in [0.1, 0.15) is 0 Å². The van der Waals surface area contributed by atoms with E-state index in [0.717, 1.165) is 83.2 Å². The summed E-state index contributed by atoms with van der Waals surface area (Å²) in [6.45, 7) is 0. The molecule has 5 nitrogen and oxygen atoms in total. The Balaban J connectivity index is 0.950. The van der Waals surface area contributed by atoms with Gasteiger partial charge in [-0.1, -0.05) is 164 Å². The van der Waals surface area contributed by atoms with Gasteiger partial charge in [-0.2, -0.15) is 0 Å². The monoisotopic (exact) mass is 792 g/mol. The molecule has 0 saturated heterocycles. The Morgan fingerprint density at radius 1 is 0.274 bits per heavy atom. The Kier molecular flexibility index (Phi) is 8.42. The summed E-state index contributed by atoms with van der Waals surface area (Å²) in [5, 5.41) is 4.54. The fourth-order valence-corrected chi connectivity index (χ4v) is 8.78. The first-order valence-electron chi connectivity index (χ1n) is 20.8. The highest BCUT2D eigenvalue weighted by molar-refractivity contribution is 6.17. The van der Waals surface area contributed by atoms with Gasteiger partial charge in [0.25, 0.3) is 0 Å². The molecule has 9 aromatic carbocycles. The van der Waals surface area contributed by atoms with Crippen LogP contribution < -0.4 is 0 Å². The summed E-state index contributed by atoms with van der Waals surface area (Å²) in [4.78, 5) is 15.3. The van der Waals surface area contributed by atoms with Gasteiger partial charge in [0.15, 0.2) is 17.5 Å². The summed E-state index contributed by atoms with van der Waals surface area (Å²) in [6.07, 6.45) is 0. The third-order valence-corrected chi connectivity index (χ3v) is 11.8. The van der Waals surface area contributed by atoms with Crippen molar-refractivity contribution in [1.29, 1.82) is 0 Å². The largest absolute Gasteiger partial charge is 0.456 e. The molecule has 0 aliphatic heterocycles. The smallest absolute Gasteiger partial charge is 0.164 e. The number of rotatable bonds is 7. The third-order valence-electron chi connectivity index (χ3n) is 11.8. The lowest BCUT2D eigenvalue weighted by atomic mass is 10.0. The van der Waals surface area contributed by atoms with Gasteiger partial charge in [-0.3, -0.25) is 0 Å². The Bertz CT molecular complexity index is 3510. The Labute approximate surface area is 357 Å². The summed E-state index contributed by atoms with van der Waals surface area (Å²) in [5.74, 6) is 1.85. The van der Waals surface area contributed by atoms with Crippen molar-refractivity contribution in [3.05, 3.63) is 218 Å². The van der Waals surface area contributed by atoms with E-state index >= 15 is 0 Å². The van der Waals surface area contributed by atoms with Crippen LogP contribution in [-0.4, -0.2) is 19.5 Å². The van der Waals surface area contributed by atoms with Gasteiger partial charge in [0.2, 0.25) is 0 Å². The highest BCUT2D eigenvalue weighted by Gasteiger charge is 2.18. The maximum atomic E-state index is 6.52. The van der Waals surface area contributed by atoms with Crippen molar-refractivity contribution in [2.75, 3.05) is 0 Å². The number of aromatic nitrogens is 4. The fourth-order valence-electron chi connectivity index (χ4n) is 8.78. The van der Waals surface area contributed by atoms with Crippen LogP contribution in [0.5, 0.6) is 0 Å². The zero-order valence-electron chi connectivity index (χ0n) is 33.5. The molecule has 0 aliphatic rings. The van der Waals surface area contributed by atoms with Gasteiger partial charge in [-0.15, -0.1) is 0 Å². The number of hydrogen-bond donors (Lipinski definition) is 0. The second kappa shape index (κ2) is 14.7. The predicted octanol–water partition coefficient (Wildman–Crippen LogP) is 14.9. The van der Waals surface area contributed by atoms with Crippen LogP contribution in [-0.2, 0) is 0 Å². The van der Waals surface area contributed by atoms with Crippen LogP contribution in [0.15, 0.2) is 223 Å². The summed E-state index contributed by atoms with van der Waals surface area (Å²) in [6, 6.07) is 76.3. The molecule has 0 saturated carbocycles. The van der Waals surface area contributed by atoms with Gasteiger partial charge < -0.3 is 8.98 Å². The van der Waals surface area contributed by atoms with E-state index in [0.29, 0.717) is 17.5 Å². The molecule has 0 radical (unpaired) electrons.